The summed E-state index contributed by atoms with van der Waals surface area (Å²) in [5.41, 5.74) is 0. The van der Waals surface area contributed by atoms with Crippen molar-refractivity contribution in [2.24, 2.45) is 5.92 Å². The molecule has 3 heteroatoms. The Labute approximate surface area is 74.0 Å². The normalized spacial score (nSPS) is 42.0. The van der Waals surface area contributed by atoms with Gasteiger partial charge in [0, 0.05) is 20.1 Å². The molecule has 0 amide bonds. The number of hydrogen-bond acceptors (Lipinski definition) is 3. The largest absolute Gasteiger partial charge is 0.378 e. The van der Waals surface area contributed by atoms with E-state index < -0.39 is 0 Å². The molecule has 4 atom stereocenters. The van der Waals surface area contributed by atoms with Gasteiger partial charge in [0.2, 0.25) is 0 Å². The molecule has 0 bridgehead atoms. The summed E-state index contributed by atoms with van der Waals surface area (Å²) >= 11 is 0. The quantitative estimate of drug-likeness (QED) is 0.647. The fourth-order valence-electron chi connectivity index (χ4n) is 1.83. The summed E-state index contributed by atoms with van der Waals surface area (Å²) in [5.74, 6) is 0.324. The van der Waals surface area contributed by atoms with Gasteiger partial charge in [0.25, 0.3) is 0 Å². The van der Waals surface area contributed by atoms with E-state index >= 15 is 0 Å². The van der Waals surface area contributed by atoms with Gasteiger partial charge in [-0.25, -0.2) is 0 Å². The Balaban J connectivity index is 2.58. The fraction of sp³-hybridized carbons (Fsp3) is 1.00. The summed E-state index contributed by atoms with van der Waals surface area (Å²) < 4.78 is 16.2. The predicted octanol–water partition coefficient (Wildman–Crippen LogP) is 1.42. The van der Waals surface area contributed by atoms with Crippen LogP contribution >= 0.6 is 0 Å². The summed E-state index contributed by atoms with van der Waals surface area (Å²) in [5, 5.41) is 0. The molecule has 1 aliphatic heterocycles. The van der Waals surface area contributed by atoms with Crippen molar-refractivity contribution in [3.05, 3.63) is 0 Å². The third kappa shape index (κ3) is 1.63. The van der Waals surface area contributed by atoms with Crippen LogP contribution < -0.4 is 0 Å². The van der Waals surface area contributed by atoms with Gasteiger partial charge in [-0.2, -0.15) is 0 Å². The Kier molecular flexibility index (Phi) is 3.50. The van der Waals surface area contributed by atoms with Crippen molar-refractivity contribution < 1.29 is 14.2 Å². The van der Waals surface area contributed by atoms with E-state index in [-0.39, 0.29) is 18.5 Å². The molecule has 1 saturated heterocycles. The van der Waals surface area contributed by atoms with E-state index in [9.17, 15) is 0 Å². The van der Waals surface area contributed by atoms with E-state index in [1.165, 1.54) is 0 Å². The van der Waals surface area contributed by atoms with Crippen molar-refractivity contribution in [3.8, 4) is 0 Å². The molecule has 1 rings (SSSR count). The second kappa shape index (κ2) is 4.21. The molecule has 1 fully saturated rings. The second-order valence-electron chi connectivity index (χ2n) is 3.25. The van der Waals surface area contributed by atoms with Crippen molar-refractivity contribution in [3.63, 3.8) is 0 Å². The standard InChI is InChI=1S/C9H18O3/c1-5-7-8(10-3)6(2)9(11-4)12-7/h6-9H,5H2,1-4H3. The van der Waals surface area contributed by atoms with E-state index in [4.69, 9.17) is 14.2 Å². The molecule has 0 aromatic carbocycles. The van der Waals surface area contributed by atoms with E-state index in [0.29, 0.717) is 5.92 Å². The van der Waals surface area contributed by atoms with Crippen LogP contribution in [0.5, 0.6) is 0 Å². The molecule has 0 spiro atoms. The third-order valence-corrected chi connectivity index (χ3v) is 2.53. The molecule has 0 radical (unpaired) electrons. The summed E-state index contributed by atoms with van der Waals surface area (Å²) in [7, 11) is 3.40. The zero-order chi connectivity index (χ0) is 9.14. The van der Waals surface area contributed by atoms with Gasteiger partial charge in [-0.15, -0.1) is 0 Å². The molecule has 1 heterocycles. The third-order valence-electron chi connectivity index (χ3n) is 2.53. The van der Waals surface area contributed by atoms with Gasteiger partial charge < -0.3 is 14.2 Å². The maximum absolute atomic E-state index is 5.63. The van der Waals surface area contributed by atoms with Crippen LogP contribution in [-0.2, 0) is 14.2 Å². The highest BCUT2D eigenvalue weighted by atomic mass is 16.7. The van der Waals surface area contributed by atoms with Gasteiger partial charge >= 0.3 is 0 Å². The first kappa shape index (κ1) is 9.96. The minimum Gasteiger partial charge on any atom is -0.378 e. The Hall–Kier alpha value is -0.120. The minimum absolute atomic E-state index is 0.0973. The van der Waals surface area contributed by atoms with Crippen LogP contribution in [0.25, 0.3) is 0 Å². The van der Waals surface area contributed by atoms with Crippen LogP contribution in [0.1, 0.15) is 20.3 Å². The van der Waals surface area contributed by atoms with Crippen molar-refractivity contribution in [2.45, 2.75) is 38.8 Å². The lowest BCUT2D eigenvalue weighted by molar-refractivity contribution is -0.130. The lowest BCUT2D eigenvalue weighted by atomic mass is 10.0. The number of rotatable bonds is 3. The Morgan fingerprint density at radius 2 is 1.92 bits per heavy atom. The molecular weight excluding hydrogens is 156 g/mol. The Bertz CT molecular complexity index is 136. The predicted molar refractivity (Wildman–Crippen MR) is 45.9 cm³/mol. The Morgan fingerprint density at radius 3 is 2.25 bits per heavy atom. The van der Waals surface area contributed by atoms with Crippen molar-refractivity contribution in [1.29, 1.82) is 0 Å². The molecule has 0 saturated carbocycles. The highest BCUT2D eigenvalue weighted by Crippen LogP contribution is 2.30. The van der Waals surface area contributed by atoms with Crippen molar-refractivity contribution in [2.75, 3.05) is 14.2 Å². The van der Waals surface area contributed by atoms with Gasteiger partial charge in [-0.1, -0.05) is 13.8 Å². The zero-order valence-corrected chi connectivity index (χ0v) is 8.24. The van der Waals surface area contributed by atoms with Gasteiger partial charge in [-0.05, 0) is 6.42 Å². The summed E-state index contributed by atoms with van der Waals surface area (Å²) in [6.07, 6.45) is 1.25. The lowest BCUT2D eigenvalue weighted by Gasteiger charge is -2.17. The second-order valence-corrected chi connectivity index (χ2v) is 3.25. The molecule has 1 aliphatic rings. The van der Waals surface area contributed by atoms with Gasteiger partial charge in [0.15, 0.2) is 6.29 Å². The molecule has 72 valence electrons. The summed E-state index contributed by atoms with van der Waals surface area (Å²) in [6.45, 7) is 4.19. The Morgan fingerprint density at radius 1 is 1.25 bits per heavy atom. The topological polar surface area (TPSA) is 27.7 Å². The van der Waals surface area contributed by atoms with Crippen LogP contribution in [0, 0.1) is 5.92 Å². The molecule has 4 unspecified atom stereocenters. The number of ether oxygens (including phenoxy) is 3. The number of hydrogen-bond donors (Lipinski definition) is 0. The summed E-state index contributed by atoms with van der Waals surface area (Å²) in [4.78, 5) is 0. The highest BCUT2D eigenvalue weighted by molar-refractivity contribution is 4.84. The molecule has 0 aromatic heterocycles. The van der Waals surface area contributed by atoms with Crippen LogP contribution in [-0.4, -0.2) is 32.7 Å². The maximum Gasteiger partial charge on any atom is 0.162 e. The lowest BCUT2D eigenvalue weighted by Crippen LogP contribution is -2.27. The van der Waals surface area contributed by atoms with Crippen molar-refractivity contribution in [1.82, 2.24) is 0 Å². The highest BCUT2D eigenvalue weighted by Gasteiger charge is 2.41. The first-order valence-electron chi connectivity index (χ1n) is 4.45. The molecular formula is C9H18O3. The monoisotopic (exact) mass is 174 g/mol. The maximum atomic E-state index is 5.63. The number of methoxy groups -OCH3 is 2. The molecule has 12 heavy (non-hydrogen) atoms. The first-order valence-corrected chi connectivity index (χ1v) is 4.45. The molecule has 0 aromatic rings. The van der Waals surface area contributed by atoms with E-state index in [0.717, 1.165) is 6.42 Å². The molecule has 3 nitrogen and oxygen atoms in total. The average Bonchev–Trinajstić information content (AvgIpc) is 2.41. The average molecular weight is 174 g/mol. The SMILES string of the molecule is CCC1OC(OC)C(C)C1OC. The zero-order valence-electron chi connectivity index (χ0n) is 8.24. The van der Waals surface area contributed by atoms with Gasteiger partial charge in [-0.3, -0.25) is 0 Å². The first-order chi connectivity index (χ1) is 5.74. The van der Waals surface area contributed by atoms with Crippen molar-refractivity contribution >= 4 is 0 Å². The fourth-order valence-corrected chi connectivity index (χ4v) is 1.83. The van der Waals surface area contributed by atoms with Crippen LogP contribution in [0.4, 0.5) is 0 Å². The van der Waals surface area contributed by atoms with Crippen LogP contribution in [0.15, 0.2) is 0 Å². The molecule has 0 N–H and O–H groups in total. The minimum atomic E-state index is -0.0973. The van der Waals surface area contributed by atoms with E-state index in [2.05, 4.69) is 13.8 Å². The van der Waals surface area contributed by atoms with Gasteiger partial charge in [0.1, 0.15) is 0 Å². The summed E-state index contributed by atoms with van der Waals surface area (Å²) in [6, 6.07) is 0. The van der Waals surface area contributed by atoms with Crippen LogP contribution in [0.3, 0.4) is 0 Å². The van der Waals surface area contributed by atoms with Crippen LogP contribution in [0.2, 0.25) is 0 Å². The van der Waals surface area contributed by atoms with E-state index in [1.54, 1.807) is 14.2 Å². The van der Waals surface area contributed by atoms with Gasteiger partial charge in [0.05, 0.1) is 12.2 Å². The molecule has 0 aliphatic carbocycles. The van der Waals surface area contributed by atoms with E-state index in [1.807, 2.05) is 0 Å². The smallest absolute Gasteiger partial charge is 0.162 e.